The number of aromatic carboxylic acids is 1. The SMILES string of the molecule is O=C(NN=Cc1ccc(-c2ccc(O)c(C(=O)O)c2)o1)c1cccnc1. The summed E-state index contributed by atoms with van der Waals surface area (Å²) in [6.45, 7) is 0. The quantitative estimate of drug-likeness (QED) is 0.479. The second kappa shape index (κ2) is 7.31. The van der Waals surface area contributed by atoms with E-state index in [2.05, 4.69) is 15.5 Å². The molecule has 0 saturated carbocycles. The van der Waals surface area contributed by atoms with Crippen molar-refractivity contribution in [3.05, 3.63) is 71.7 Å². The van der Waals surface area contributed by atoms with Crippen LogP contribution in [0.3, 0.4) is 0 Å². The molecule has 0 aliphatic rings. The fraction of sp³-hybridized carbons (Fsp3) is 0. The molecule has 0 saturated heterocycles. The number of carboxylic acids is 1. The first-order valence-corrected chi connectivity index (χ1v) is 7.44. The molecule has 3 N–H and O–H groups in total. The Labute approximate surface area is 147 Å². The summed E-state index contributed by atoms with van der Waals surface area (Å²) in [5, 5.41) is 22.4. The Hall–Kier alpha value is -3.94. The second-order valence-corrected chi connectivity index (χ2v) is 5.18. The van der Waals surface area contributed by atoms with Crippen molar-refractivity contribution in [3.8, 4) is 17.1 Å². The molecule has 1 amide bonds. The first-order valence-electron chi connectivity index (χ1n) is 7.44. The smallest absolute Gasteiger partial charge is 0.339 e. The van der Waals surface area contributed by atoms with E-state index in [-0.39, 0.29) is 11.3 Å². The van der Waals surface area contributed by atoms with Gasteiger partial charge in [-0.25, -0.2) is 10.2 Å². The molecule has 2 heterocycles. The summed E-state index contributed by atoms with van der Waals surface area (Å²) in [4.78, 5) is 26.7. The fourth-order valence-electron chi connectivity index (χ4n) is 2.15. The molecule has 0 aliphatic heterocycles. The third-order valence-corrected chi connectivity index (χ3v) is 3.42. The van der Waals surface area contributed by atoms with Crippen LogP contribution in [0.15, 0.2) is 64.4 Å². The Morgan fingerprint density at radius 2 is 2.04 bits per heavy atom. The normalized spacial score (nSPS) is 10.8. The largest absolute Gasteiger partial charge is 0.507 e. The van der Waals surface area contributed by atoms with Crippen LogP contribution >= 0.6 is 0 Å². The highest BCUT2D eigenvalue weighted by Crippen LogP contribution is 2.27. The first-order chi connectivity index (χ1) is 12.5. The van der Waals surface area contributed by atoms with E-state index in [1.54, 1.807) is 30.5 Å². The molecule has 3 rings (SSSR count). The van der Waals surface area contributed by atoms with Crippen LogP contribution in [-0.2, 0) is 0 Å². The van der Waals surface area contributed by atoms with Crippen LogP contribution in [0, 0.1) is 0 Å². The number of amides is 1. The van der Waals surface area contributed by atoms with Crippen molar-refractivity contribution in [1.29, 1.82) is 0 Å². The predicted molar refractivity (Wildman–Crippen MR) is 92.1 cm³/mol. The van der Waals surface area contributed by atoms with Gasteiger partial charge in [0.2, 0.25) is 0 Å². The van der Waals surface area contributed by atoms with Crippen molar-refractivity contribution >= 4 is 18.1 Å². The molecule has 0 radical (unpaired) electrons. The molecule has 130 valence electrons. The minimum atomic E-state index is -1.24. The van der Waals surface area contributed by atoms with E-state index in [1.807, 2.05) is 0 Å². The Balaban J connectivity index is 1.71. The lowest BCUT2D eigenvalue weighted by molar-refractivity contribution is 0.0693. The monoisotopic (exact) mass is 351 g/mol. The summed E-state index contributed by atoms with van der Waals surface area (Å²) in [5.74, 6) is -1.22. The van der Waals surface area contributed by atoms with Gasteiger partial charge in [0.15, 0.2) is 0 Å². The van der Waals surface area contributed by atoms with E-state index in [9.17, 15) is 14.7 Å². The van der Waals surface area contributed by atoms with Crippen LogP contribution in [0.5, 0.6) is 5.75 Å². The van der Waals surface area contributed by atoms with Gasteiger partial charge in [0, 0.05) is 18.0 Å². The third-order valence-electron chi connectivity index (χ3n) is 3.42. The average molecular weight is 351 g/mol. The van der Waals surface area contributed by atoms with E-state index in [0.29, 0.717) is 22.6 Å². The molecule has 0 spiro atoms. The van der Waals surface area contributed by atoms with Gasteiger partial charge in [-0.2, -0.15) is 5.10 Å². The fourth-order valence-corrected chi connectivity index (χ4v) is 2.15. The van der Waals surface area contributed by atoms with Crippen molar-refractivity contribution in [2.45, 2.75) is 0 Å². The first kappa shape index (κ1) is 16.9. The molecule has 0 fully saturated rings. The number of carbonyl (C=O) groups is 2. The highest BCUT2D eigenvalue weighted by molar-refractivity contribution is 5.94. The average Bonchev–Trinajstić information content (AvgIpc) is 3.11. The maximum atomic E-state index is 11.8. The van der Waals surface area contributed by atoms with E-state index in [1.165, 1.54) is 30.6 Å². The number of pyridine rings is 1. The molecule has 0 atom stereocenters. The summed E-state index contributed by atoms with van der Waals surface area (Å²) in [6, 6.07) is 10.6. The van der Waals surface area contributed by atoms with Gasteiger partial charge in [-0.1, -0.05) is 0 Å². The van der Waals surface area contributed by atoms with Gasteiger partial charge in [0.05, 0.1) is 11.8 Å². The molecule has 0 bridgehead atoms. The summed E-state index contributed by atoms with van der Waals surface area (Å²) >= 11 is 0. The van der Waals surface area contributed by atoms with Crippen molar-refractivity contribution in [2.24, 2.45) is 5.10 Å². The number of hydrogen-bond acceptors (Lipinski definition) is 6. The number of nitrogens with zero attached hydrogens (tertiary/aromatic N) is 2. The predicted octanol–water partition coefficient (Wildman–Crippen LogP) is 2.51. The van der Waals surface area contributed by atoms with Crippen molar-refractivity contribution in [1.82, 2.24) is 10.4 Å². The lowest BCUT2D eigenvalue weighted by Crippen LogP contribution is -2.17. The Morgan fingerprint density at radius 1 is 1.19 bits per heavy atom. The van der Waals surface area contributed by atoms with Crippen LogP contribution in [0.2, 0.25) is 0 Å². The Kier molecular flexibility index (Phi) is 4.75. The van der Waals surface area contributed by atoms with Gasteiger partial charge in [0.25, 0.3) is 5.91 Å². The van der Waals surface area contributed by atoms with Gasteiger partial charge in [-0.3, -0.25) is 9.78 Å². The highest BCUT2D eigenvalue weighted by atomic mass is 16.4. The molecule has 3 aromatic rings. The van der Waals surface area contributed by atoms with E-state index < -0.39 is 11.9 Å². The number of benzene rings is 1. The second-order valence-electron chi connectivity index (χ2n) is 5.18. The molecule has 0 aliphatic carbocycles. The lowest BCUT2D eigenvalue weighted by Gasteiger charge is -2.02. The number of aromatic nitrogens is 1. The van der Waals surface area contributed by atoms with Crippen LogP contribution in [0.1, 0.15) is 26.5 Å². The van der Waals surface area contributed by atoms with Gasteiger partial charge in [-0.05, 0) is 42.5 Å². The molecule has 1 aromatic carbocycles. The summed E-state index contributed by atoms with van der Waals surface area (Å²) < 4.78 is 5.54. The zero-order valence-corrected chi connectivity index (χ0v) is 13.3. The minimum absolute atomic E-state index is 0.224. The minimum Gasteiger partial charge on any atom is -0.507 e. The number of rotatable bonds is 5. The zero-order valence-electron chi connectivity index (χ0n) is 13.3. The Morgan fingerprint density at radius 3 is 2.77 bits per heavy atom. The van der Waals surface area contributed by atoms with Gasteiger partial charge >= 0.3 is 5.97 Å². The number of hydrogen-bond donors (Lipinski definition) is 3. The Bertz CT molecular complexity index is 980. The van der Waals surface area contributed by atoms with Gasteiger partial charge in [-0.15, -0.1) is 0 Å². The number of furan rings is 1. The highest BCUT2D eigenvalue weighted by Gasteiger charge is 2.12. The maximum absolute atomic E-state index is 11.8. The van der Waals surface area contributed by atoms with Gasteiger partial charge in [0.1, 0.15) is 22.8 Å². The number of hydrazone groups is 1. The molecule has 8 nitrogen and oxygen atoms in total. The standard InChI is InChI=1S/C18H13N3O5/c22-15-5-3-11(8-14(15)18(24)25)16-6-4-13(26-16)10-20-21-17(23)12-2-1-7-19-9-12/h1-10,22H,(H,21,23)(H,24,25). The van der Waals surface area contributed by atoms with Crippen molar-refractivity contribution in [2.75, 3.05) is 0 Å². The lowest BCUT2D eigenvalue weighted by atomic mass is 10.1. The number of carbonyl (C=O) groups excluding carboxylic acids is 1. The molecular formula is C18H13N3O5. The number of aromatic hydroxyl groups is 1. The zero-order chi connectivity index (χ0) is 18.5. The molecule has 2 aromatic heterocycles. The number of carboxylic acid groups (broad SMARTS) is 1. The number of phenols is 1. The summed E-state index contributed by atoms with van der Waals surface area (Å²) in [5.41, 5.74) is 2.98. The molecular weight excluding hydrogens is 338 g/mol. The van der Waals surface area contributed by atoms with E-state index in [0.717, 1.165) is 0 Å². The summed E-state index contributed by atoms with van der Waals surface area (Å²) in [7, 11) is 0. The van der Waals surface area contributed by atoms with Crippen molar-refractivity contribution < 1.29 is 24.2 Å². The van der Waals surface area contributed by atoms with E-state index in [4.69, 9.17) is 9.52 Å². The van der Waals surface area contributed by atoms with Crippen molar-refractivity contribution in [3.63, 3.8) is 0 Å². The van der Waals surface area contributed by atoms with Crippen LogP contribution in [-0.4, -0.2) is 33.3 Å². The van der Waals surface area contributed by atoms with Crippen LogP contribution < -0.4 is 5.43 Å². The molecule has 26 heavy (non-hydrogen) atoms. The van der Waals surface area contributed by atoms with Crippen LogP contribution in [0.4, 0.5) is 0 Å². The topological polar surface area (TPSA) is 125 Å². The van der Waals surface area contributed by atoms with E-state index >= 15 is 0 Å². The van der Waals surface area contributed by atoms with Crippen LogP contribution in [0.25, 0.3) is 11.3 Å². The maximum Gasteiger partial charge on any atom is 0.339 e. The van der Waals surface area contributed by atoms with Gasteiger partial charge < -0.3 is 14.6 Å². The summed E-state index contributed by atoms with van der Waals surface area (Å²) in [6.07, 6.45) is 4.29. The molecule has 8 heteroatoms. The molecule has 0 unspecified atom stereocenters. The third kappa shape index (κ3) is 3.75. The number of nitrogens with one attached hydrogen (secondary N) is 1.